The monoisotopic (exact) mass is 309 g/mol. The van der Waals surface area contributed by atoms with Crippen molar-refractivity contribution in [1.82, 2.24) is 9.80 Å². The van der Waals surface area contributed by atoms with E-state index in [4.69, 9.17) is 0 Å². The number of hydrogen-bond acceptors (Lipinski definition) is 5. The highest BCUT2D eigenvalue weighted by atomic mass is 32.1. The minimum atomic E-state index is -0.415. The van der Waals surface area contributed by atoms with Crippen molar-refractivity contribution in [3.63, 3.8) is 0 Å². The third-order valence-corrected chi connectivity index (χ3v) is 4.01. The van der Waals surface area contributed by atoms with Gasteiger partial charge in [0.25, 0.3) is 5.69 Å². The predicted octanol–water partition coefficient (Wildman–Crippen LogP) is 1.56. The van der Waals surface area contributed by atoms with Gasteiger partial charge in [0.2, 0.25) is 5.91 Å². The average molecular weight is 309 g/mol. The van der Waals surface area contributed by atoms with E-state index in [9.17, 15) is 14.9 Å². The van der Waals surface area contributed by atoms with Crippen LogP contribution in [0, 0.1) is 10.1 Å². The van der Waals surface area contributed by atoms with E-state index >= 15 is 0 Å². The number of amides is 1. The van der Waals surface area contributed by atoms with E-state index in [0.717, 1.165) is 18.5 Å². The first-order chi connectivity index (χ1) is 9.88. The standard InChI is InChI=1S/C14H19N3O3S/c1-15(2)14(18)13-7-12(21)9-16(13)8-10-3-5-11(6-4-10)17(19)20/h3-6,12-13,21H,7-9H2,1-2H3/t12-,13-/m0/s1. The molecule has 2 atom stereocenters. The second-order valence-corrected chi connectivity index (χ2v) is 6.22. The zero-order chi connectivity index (χ0) is 15.6. The van der Waals surface area contributed by atoms with Crippen molar-refractivity contribution in [1.29, 1.82) is 0 Å². The van der Waals surface area contributed by atoms with E-state index < -0.39 is 4.92 Å². The van der Waals surface area contributed by atoms with Gasteiger partial charge >= 0.3 is 0 Å². The summed E-state index contributed by atoms with van der Waals surface area (Å²) < 4.78 is 0. The quantitative estimate of drug-likeness (QED) is 0.521. The maximum Gasteiger partial charge on any atom is 0.269 e. The van der Waals surface area contributed by atoms with Gasteiger partial charge < -0.3 is 4.90 Å². The number of benzene rings is 1. The molecular formula is C14H19N3O3S. The SMILES string of the molecule is CN(C)C(=O)[C@@H]1C[C@H](S)CN1Cc1ccc([N+](=O)[O-])cc1. The number of hydrogen-bond donors (Lipinski definition) is 1. The summed E-state index contributed by atoms with van der Waals surface area (Å²) >= 11 is 4.48. The molecule has 1 aromatic rings. The maximum absolute atomic E-state index is 12.2. The molecule has 1 fully saturated rings. The summed E-state index contributed by atoms with van der Waals surface area (Å²) in [5.41, 5.74) is 1.03. The summed E-state index contributed by atoms with van der Waals surface area (Å²) in [6, 6.07) is 6.29. The fraction of sp³-hybridized carbons (Fsp3) is 0.500. The first kappa shape index (κ1) is 15.8. The molecule has 0 saturated carbocycles. The van der Waals surface area contributed by atoms with Gasteiger partial charge in [-0.1, -0.05) is 12.1 Å². The fourth-order valence-corrected chi connectivity index (χ4v) is 2.98. The van der Waals surface area contributed by atoms with Crippen LogP contribution in [-0.2, 0) is 11.3 Å². The van der Waals surface area contributed by atoms with Crippen LogP contribution in [0.2, 0.25) is 0 Å². The molecule has 0 N–H and O–H groups in total. The van der Waals surface area contributed by atoms with E-state index in [1.807, 2.05) is 0 Å². The Balaban J connectivity index is 2.09. The zero-order valence-corrected chi connectivity index (χ0v) is 13.0. The fourth-order valence-electron chi connectivity index (χ4n) is 2.57. The van der Waals surface area contributed by atoms with Crippen LogP contribution in [0.5, 0.6) is 0 Å². The summed E-state index contributed by atoms with van der Waals surface area (Å²) in [6.45, 7) is 1.34. The van der Waals surface area contributed by atoms with Crippen molar-refractivity contribution in [2.45, 2.75) is 24.3 Å². The van der Waals surface area contributed by atoms with E-state index in [-0.39, 0.29) is 22.9 Å². The van der Waals surface area contributed by atoms with Gasteiger partial charge in [0.1, 0.15) is 0 Å². The lowest BCUT2D eigenvalue weighted by atomic mass is 10.1. The number of nitro benzene ring substituents is 1. The van der Waals surface area contributed by atoms with E-state index in [2.05, 4.69) is 17.5 Å². The van der Waals surface area contributed by atoms with Gasteiger partial charge in [0.15, 0.2) is 0 Å². The molecule has 0 spiro atoms. The van der Waals surface area contributed by atoms with E-state index in [1.165, 1.54) is 12.1 Å². The molecule has 1 aliphatic rings. The van der Waals surface area contributed by atoms with Crippen LogP contribution >= 0.6 is 12.6 Å². The summed E-state index contributed by atoms with van der Waals surface area (Å²) in [4.78, 5) is 26.1. The average Bonchev–Trinajstić information content (AvgIpc) is 2.79. The molecule has 0 aromatic heterocycles. The Labute approximate surface area is 129 Å². The summed E-state index contributed by atoms with van der Waals surface area (Å²) in [5.74, 6) is 0.0773. The molecule has 7 heteroatoms. The van der Waals surface area contributed by atoms with Crippen molar-refractivity contribution >= 4 is 24.2 Å². The van der Waals surface area contributed by atoms with Crippen LogP contribution in [-0.4, -0.2) is 52.6 Å². The lowest BCUT2D eigenvalue weighted by Crippen LogP contribution is -2.42. The summed E-state index contributed by atoms with van der Waals surface area (Å²) in [5, 5.41) is 10.8. The molecular weight excluding hydrogens is 290 g/mol. The van der Waals surface area contributed by atoms with E-state index in [0.29, 0.717) is 6.54 Å². The molecule has 1 aromatic carbocycles. The number of carbonyl (C=O) groups is 1. The third kappa shape index (κ3) is 3.74. The maximum atomic E-state index is 12.2. The number of non-ortho nitro benzene ring substituents is 1. The topological polar surface area (TPSA) is 66.7 Å². The van der Waals surface area contributed by atoms with Gasteiger partial charge in [-0.3, -0.25) is 19.8 Å². The smallest absolute Gasteiger partial charge is 0.269 e. The van der Waals surface area contributed by atoms with E-state index in [1.54, 1.807) is 31.1 Å². The Morgan fingerprint density at radius 3 is 2.57 bits per heavy atom. The lowest BCUT2D eigenvalue weighted by Gasteiger charge is -2.25. The number of thiol groups is 1. The van der Waals surface area contributed by atoms with Gasteiger partial charge in [-0.15, -0.1) is 0 Å². The predicted molar refractivity (Wildman–Crippen MR) is 83.4 cm³/mol. The van der Waals surface area contributed by atoms with Gasteiger partial charge in [-0.2, -0.15) is 12.6 Å². The lowest BCUT2D eigenvalue weighted by molar-refractivity contribution is -0.384. The third-order valence-electron chi connectivity index (χ3n) is 3.64. The number of nitrogens with zero attached hydrogens (tertiary/aromatic N) is 3. The highest BCUT2D eigenvalue weighted by Gasteiger charge is 2.35. The Kier molecular flexibility index (Phi) is 4.84. The van der Waals surface area contributed by atoms with Gasteiger partial charge in [0.05, 0.1) is 11.0 Å². The van der Waals surface area contributed by atoms with Crippen molar-refractivity contribution in [2.75, 3.05) is 20.6 Å². The van der Waals surface area contributed by atoms with Crippen LogP contribution in [0.4, 0.5) is 5.69 Å². The number of likely N-dealkylation sites (tertiary alicyclic amines) is 1. The normalized spacial score (nSPS) is 22.2. The van der Waals surface area contributed by atoms with Crippen molar-refractivity contribution in [2.24, 2.45) is 0 Å². The summed E-state index contributed by atoms with van der Waals surface area (Å²) in [6.07, 6.45) is 0.729. The molecule has 1 saturated heterocycles. The number of carbonyl (C=O) groups excluding carboxylic acids is 1. The molecule has 0 radical (unpaired) electrons. The van der Waals surface area contributed by atoms with Crippen LogP contribution in [0.1, 0.15) is 12.0 Å². The first-order valence-corrected chi connectivity index (χ1v) is 7.26. The van der Waals surface area contributed by atoms with Gasteiger partial charge in [-0.05, 0) is 12.0 Å². The molecule has 1 heterocycles. The molecule has 1 amide bonds. The minimum absolute atomic E-state index is 0.0770. The molecule has 0 unspecified atom stereocenters. The number of likely N-dealkylation sites (N-methyl/N-ethyl adjacent to an activating group) is 1. The van der Waals surface area contributed by atoms with Gasteiger partial charge in [-0.25, -0.2) is 0 Å². The molecule has 2 rings (SSSR count). The highest BCUT2D eigenvalue weighted by molar-refractivity contribution is 7.81. The Morgan fingerprint density at radius 1 is 1.43 bits per heavy atom. The van der Waals surface area contributed by atoms with Crippen molar-refractivity contribution in [3.05, 3.63) is 39.9 Å². The molecule has 21 heavy (non-hydrogen) atoms. The first-order valence-electron chi connectivity index (χ1n) is 6.75. The van der Waals surface area contributed by atoms with Crippen LogP contribution in [0.25, 0.3) is 0 Å². The zero-order valence-electron chi connectivity index (χ0n) is 12.1. The number of rotatable bonds is 4. The Bertz CT molecular complexity index is 533. The molecule has 0 bridgehead atoms. The van der Waals surface area contributed by atoms with Crippen LogP contribution in [0.3, 0.4) is 0 Å². The Hall–Kier alpha value is -1.60. The number of nitro groups is 1. The molecule has 0 aliphatic carbocycles. The second kappa shape index (κ2) is 6.44. The molecule has 114 valence electrons. The van der Waals surface area contributed by atoms with Crippen LogP contribution in [0.15, 0.2) is 24.3 Å². The van der Waals surface area contributed by atoms with Crippen LogP contribution < -0.4 is 0 Å². The second-order valence-electron chi connectivity index (χ2n) is 5.49. The van der Waals surface area contributed by atoms with Crippen molar-refractivity contribution < 1.29 is 9.72 Å². The summed E-state index contributed by atoms with van der Waals surface area (Å²) in [7, 11) is 3.50. The molecule has 1 aliphatic heterocycles. The molecule has 6 nitrogen and oxygen atoms in total. The Morgan fingerprint density at radius 2 is 2.05 bits per heavy atom. The highest BCUT2D eigenvalue weighted by Crippen LogP contribution is 2.25. The van der Waals surface area contributed by atoms with Crippen molar-refractivity contribution in [3.8, 4) is 0 Å². The van der Waals surface area contributed by atoms with Gasteiger partial charge in [0, 0.05) is 44.6 Å². The minimum Gasteiger partial charge on any atom is -0.347 e. The largest absolute Gasteiger partial charge is 0.347 e.